The lowest BCUT2D eigenvalue weighted by Crippen LogP contribution is -2.58. The van der Waals surface area contributed by atoms with Gasteiger partial charge >= 0.3 is 11.9 Å². The predicted molar refractivity (Wildman–Crippen MR) is 402 cm³/mol. The Bertz CT molecular complexity index is 4290. The number of carboxylic acid groups (broad SMARTS) is 2. The van der Waals surface area contributed by atoms with Crippen LogP contribution in [0, 0.1) is 5.41 Å². The van der Waals surface area contributed by atoms with Gasteiger partial charge in [0.25, 0.3) is 0 Å². The number of aliphatic carboxylic acids is 2. The molecule has 104 heavy (non-hydrogen) atoms. The molecule has 542 valence electrons. The highest BCUT2D eigenvalue weighted by atomic mass is 16.4. The Labute approximate surface area is 608 Å². The molecule has 10 rings (SSSR count). The number of anilines is 1. The number of fused-ring (bicyclic) bond motifs is 5. The molecule has 7 amide bonds. The van der Waals surface area contributed by atoms with Crippen molar-refractivity contribution in [2.75, 3.05) is 51.2 Å². The first-order valence-corrected chi connectivity index (χ1v) is 36.0. The molecule has 3 atom stereocenters. The number of nitrogens with zero attached hydrogens (tertiary/aromatic N) is 3. The van der Waals surface area contributed by atoms with Crippen LogP contribution in [-0.2, 0) is 79.8 Å². The van der Waals surface area contributed by atoms with E-state index in [1.165, 1.54) is 38.8 Å². The van der Waals surface area contributed by atoms with Crippen molar-refractivity contribution < 1.29 is 57.9 Å². The number of carbonyl (C=O) groups is 9. The Hall–Kier alpha value is -11.0. The van der Waals surface area contributed by atoms with E-state index in [-0.39, 0.29) is 88.0 Å². The molecular weight excluding hydrogens is 1310 g/mol. The second-order valence-corrected chi connectivity index (χ2v) is 28.6. The molecule has 0 unspecified atom stereocenters. The number of piperidine rings is 1. The molecule has 0 saturated carbocycles. The van der Waals surface area contributed by atoms with Crippen LogP contribution >= 0.6 is 0 Å². The summed E-state index contributed by atoms with van der Waals surface area (Å²) >= 11 is 0. The minimum atomic E-state index is -1.20. The van der Waals surface area contributed by atoms with Crippen molar-refractivity contribution in [3.05, 3.63) is 239 Å². The second kappa shape index (κ2) is 34.8. The monoisotopic (exact) mass is 1410 g/mol. The molecule has 1 saturated heterocycles. The number of carbonyl (C=O) groups excluding carboxylic acids is 7. The molecule has 4 aliphatic rings. The second-order valence-electron chi connectivity index (χ2n) is 28.6. The van der Waals surface area contributed by atoms with Gasteiger partial charge in [0.1, 0.15) is 19.1 Å². The van der Waals surface area contributed by atoms with E-state index < -0.39 is 70.8 Å². The van der Waals surface area contributed by atoms with Gasteiger partial charge in [-0.3, -0.25) is 43.2 Å². The van der Waals surface area contributed by atoms with Gasteiger partial charge in [0.15, 0.2) is 5.71 Å². The summed E-state index contributed by atoms with van der Waals surface area (Å²) in [5.74, 6) is -6.19. The molecule has 4 heterocycles. The van der Waals surface area contributed by atoms with E-state index in [9.17, 15) is 48.6 Å². The van der Waals surface area contributed by atoms with Gasteiger partial charge in [-0.25, -0.2) is 0 Å². The van der Waals surface area contributed by atoms with Crippen LogP contribution in [0.15, 0.2) is 200 Å². The quantitative estimate of drug-likeness (QED) is 0.0169. The molecule has 0 aliphatic carbocycles. The molecule has 20 nitrogen and oxygen atoms in total. The molecule has 1 fully saturated rings. The average Bonchev–Trinajstić information content (AvgIpc) is 1.60. The van der Waals surface area contributed by atoms with Crippen molar-refractivity contribution in [2.45, 2.75) is 140 Å². The summed E-state index contributed by atoms with van der Waals surface area (Å²) in [4.78, 5) is 126. The van der Waals surface area contributed by atoms with E-state index in [1.807, 2.05) is 54.6 Å². The number of hydrogen-bond acceptors (Lipinski definition) is 10. The Morgan fingerprint density at radius 2 is 1.34 bits per heavy atom. The van der Waals surface area contributed by atoms with Crippen LogP contribution in [0.3, 0.4) is 0 Å². The van der Waals surface area contributed by atoms with Gasteiger partial charge in [-0.1, -0.05) is 178 Å². The Morgan fingerprint density at radius 3 is 2.06 bits per heavy atom. The molecule has 4 aliphatic heterocycles. The summed E-state index contributed by atoms with van der Waals surface area (Å²) in [6.45, 7) is 10.2. The van der Waals surface area contributed by atoms with Crippen LogP contribution in [0.2, 0.25) is 0 Å². The summed E-state index contributed by atoms with van der Waals surface area (Å²) in [7, 11) is 2.12. The van der Waals surface area contributed by atoms with Crippen molar-refractivity contribution in [3.8, 4) is 11.1 Å². The molecule has 0 aromatic heterocycles. The average molecular weight is 1410 g/mol. The van der Waals surface area contributed by atoms with E-state index in [0.29, 0.717) is 54.5 Å². The molecule has 2 bridgehead atoms. The number of rotatable bonds is 23. The normalized spacial score (nSPS) is 20.0. The molecule has 8 N–H and O–H groups in total. The minimum absolute atomic E-state index is 0.0131. The maximum absolute atomic E-state index is 15.2. The number of benzene rings is 6. The van der Waals surface area contributed by atoms with E-state index in [2.05, 4.69) is 155 Å². The molecular formula is C84H96N9O11+. The third-order valence-corrected chi connectivity index (χ3v) is 20.5. The molecule has 20 heteroatoms. The minimum Gasteiger partial charge on any atom is -0.481 e. The van der Waals surface area contributed by atoms with Crippen molar-refractivity contribution in [1.82, 2.24) is 36.8 Å². The van der Waals surface area contributed by atoms with Crippen LogP contribution < -0.4 is 36.8 Å². The third-order valence-electron chi connectivity index (χ3n) is 20.5. The summed E-state index contributed by atoms with van der Waals surface area (Å²) in [5, 5.41) is 36.4. The van der Waals surface area contributed by atoms with Gasteiger partial charge in [-0.05, 0) is 109 Å². The van der Waals surface area contributed by atoms with Gasteiger partial charge in [0, 0.05) is 111 Å². The van der Waals surface area contributed by atoms with Gasteiger partial charge in [0.05, 0.1) is 30.1 Å². The number of amides is 7. The first-order valence-electron chi connectivity index (χ1n) is 36.0. The summed E-state index contributed by atoms with van der Waals surface area (Å²) < 4.78 is 2.27. The summed E-state index contributed by atoms with van der Waals surface area (Å²) in [5.41, 5.74) is 10.8. The summed E-state index contributed by atoms with van der Waals surface area (Å²) in [6.07, 6.45) is 15.9. The first-order chi connectivity index (χ1) is 50.0. The zero-order chi connectivity index (χ0) is 74.0. The standard InChI is InChI=1S/C84H95N9O11/c1-82(2)65-26-16-18-28-69(65)91(5)71(82)30-11-7-12-31-72-83(3,4)66-27-17-19-29-70(66)93(72)49-20-8-13-32-73(94)86-46-47-87-79(102)67-43-45-85-74(95)41-42-76(97)92-48-21-44-84(56-92,54-58-22-9-6-10-23-58)81(104)90-68(80(103)88-55-63-25-15-14-24-62(63)51-75(96)89-67)50-57-33-35-59(36-34-57)60-37-39-61(40-38-60)64(52-77(98)99)53-78(100)101/h6-7,9-12,14-19,22-31,33-42,64,67-68H,8,13,20-21,32,43-56H2,1-5H3,(H7-,85,86,87,88,89,90,94,95,96,98,99,100,101,102,103,104)/p+1/b42-41+/t67-,68-,84-/m1/s1. The smallest absolute Gasteiger partial charge is 0.303 e. The van der Waals surface area contributed by atoms with E-state index in [0.717, 1.165) is 48.2 Å². The number of nitrogens with one attached hydrogen (secondary N) is 6. The lowest BCUT2D eigenvalue weighted by Gasteiger charge is -2.42. The molecule has 6 aromatic rings. The molecule has 0 spiro atoms. The lowest BCUT2D eigenvalue weighted by atomic mass is 9.74. The van der Waals surface area contributed by atoms with Gasteiger partial charge in [-0.15, -0.1) is 0 Å². The topological polar surface area (TPSA) is 276 Å². The van der Waals surface area contributed by atoms with Crippen LogP contribution in [0.1, 0.15) is 130 Å². The lowest BCUT2D eigenvalue weighted by molar-refractivity contribution is -0.401. The number of hydrogen-bond donors (Lipinski definition) is 8. The van der Waals surface area contributed by atoms with E-state index in [1.54, 1.807) is 48.5 Å². The van der Waals surface area contributed by atoms with Crippen LogP contribution in [0.4, 0.5) is 11.4 Å². The zero-order valence-corrected chi connectivity index (χ0v) is 60.1. The molecule has 6 aromatic carbocycles. The highest BCUT2D eigenvalue weighted by molar-refractivity contribution is 6.03. The van der Waals surface area contributed by atoms with Gasteiger partial charge < -0.3 is 51.9 Å². The number of allylic oxidation sites excluding steroid dienone is 6. The van der Waals surface area contributed by atoms with Crippen LogP contribution in [0.5, 0.6) is 0 Å². The maximum atomic E-state index is 15.2. The van der Waals surface area contributed by atoms with Gasteiger partial charge in [0.2, 0.25) is 47.0 Å². The number of para-hydroxylation sites is 2. The fraction of sp³-hybridized carbons (Fsp3) is 0.357. The SMILES string of the molecule is C[N+]1=C(/C=C/C=C/C=C2\N(CCCCCC(=O)NCCNC(=O)[C@H]3CCNC(=O)/C=C/C(=O)N4CCC[C@@](Cc5ccccc5)(C4)C(=O)N[C@H](Cc4ccc(-c5ccc(C(CC(=O)O)CC(=O)O)cc5)cc4)C(=O)NCc4ccccc4CC(=O)N3)c3ccccc3C2(C)C)C(C)(C)c2ccccc21. The van der Waals surface area contributed by atoms with Crippen molar-refractivity contribution in [3.63, 3.8) is 0 Å². The fourth-order valence-corrected chi connectivity index (χ4v) is 14.9. The van der Waals surface area contributed by atoms with Crippen molar-refractivity contribution in [1.29, 1.82) is 0 Å². The fourth-order valence-electron chi connectivity index (χ4n) is 14.9. The van der Waals surface area contributed by atoms with Crippen LogP contribution in [-0.4, -0.2) is 137 Å². The summed E-state index contributed by atoms with van der Waals surface area (Å²) in [6, 6.07) is 45.7. The zero-order valence-electron chi connectivity index (χ0n) is 60.1. The number of unbranched alkanes of at least 4 members (excludes halogenated alkanes) is 2. The Balaban J connectivity index is 0.768. The highest BCUT2D eigenvalue weighted by Crippen LogP contribution is 2.48. The maximum Gasteiger partial charge on any atom is 0.303 e. The largest absolute Gasteiger partial charge is 0.481 e. The van der Waals surface area contributed by atoms with Gasteiger partial charge in [-0.2, -0.15) is 4.58 Å². The van der Waals surface area contributed by atoms with Crippen molar-refractivity contribution in [2.24, 2.45) is 5.41 Å². The van der Waals surface area contributed by atoms with E-state index >= 15 is 4.79 Å². The van der Waals surface area contributed by atoms with Crippen LogP contribution in [0.25, 0.3) is 11.1 Å². The van der Waals surface area contributed by atoms with Crippen molar-refractivity contribution >= 4 is 70.4 Å². The van der Waals surface area contributed by atoms with E-state index in [4.69, 9.17) is 0 Å². The predicted octanol–water partition coefficient (Wildman–Crippen LogP) is 9.98. The first kappa shape index (κ1) is 75.6. The highest BCUT2D eigenvalue weighted by Gasteiger charge is 2.46. The Kier molecular flexibility index (Phi) is 25.3. The third kappa shape index (κ3) is 19.2. The Morgan fingerprint density at radius 1 is 0.673 bits per heavy atom. The molecule has 0 radical (unpaired) electrons. The number of carboxylic acids is 2.